The van der Waals surface area contributed by atoms with Crippen LogP contribution >= 0.6 is 0 Å². The lowest BCUT2D eigenvalue weighted by molar-refractivity contribution is -0.155. The Hall–Kier alpha value is -6.38. The number of benzene rings is 3. The van der Waals surface area contributed by atoms with Crippen LogP contribution < -0.4 is 20.8 Å². The van der Waals surface area contributed by atoms with Gasteiger partial charge in [0.2, 0.25) is 21.8 Å². The number of aromatic hydroxyl groups is 1. The van der Waals surface area contributed by atoms with Crippen LogP contribution in [0, 0.1) is 11.3 Å². The summed E-state index contributed by atoms with van der Waals surface area (Å²) in [5.74, 6) is -2.22. The first-order valence-electron chi connectivity index (χ1n) is 24.8. The first-order valence-corrected chi connectivity index (χ1v) is 26.3. The number of sulfonamides is 1. The molecule has 0 spiro atoms. The molecule has 1 unspecified atom stereocenters. The van der Waals surface area contributed by atoms with Crippen LogP contribution in [-0.2, 0) is 64.7 Å². The molecule has 0 saturated carbocycles. The van der Waals surface area contributed by atoms with Gasteiger partial charge in [-0.15, -0.1) is 0 Å². The number of amides is 3. The minimum Gasteiger partial charge on any atom is -0.508 e. The summed E-state index contributed by atoms with van der Waals surface area (Å²) < 4.78 is 47.6. The lowest BCUT2D eigenvalue weighted by atomic mass is 9.84. The highest BCUT2D eigenvalue weighted by Gasteiger charge is 2.50. The number of phenolic OH excluding ortho intramolecular Hbond substituents is 1. The topological polar surface area (TPSA) is 224 Å². The fourth-order valence-electron chi connectivity index (χ4n) is 10.3. The Morgan fingerprint density at radius 1 is 1.03 bits per heavy atom. The third-order valence-corrected chi connectivity index (χ3v) is 16.2. The number of nitrogens with zero attached hydrogens (tertiary/aromatic N) is 5. The van der Waals surface area contributed by atoms with Gasteiger partial charge in [-0.05, 0) is 108 Å². The molecule has 5 atom stereocenters. The average Bonchev–Trinajstić information content (AvgIpc) is 4.13. The number of fused-ring (bicyclic) bond motifs is 6. The summed E-state index contributed by atoms with van der Waals surface area (Å²) in [5, 5.41) is 18.7. The van der Waals surface area contributed by atoms with Gasteiger partial charge in [0, 0.05) is 75.0 Å². The predicted molar refractivity (Wildman–Crippen MR) is 276 cm³/mol. The summed E-state index contributed by atoms with van der Waals surface area (Å²) in [4.78, 5) is 63.1. The number of cyclic esters (lactones) is 1. The molecule has 3 amide bonds. The van der Waals surface area contributed by atoms with Gasteiger partial charge in [0.25, 0.3) is 5.91 Å². The Balaban J connectivity index is 1.12. The largest absolute Gasteiger partial charge is 0.508 e. The van der Waals surface area contributed by atoms with Crippen LogP contribution in [0.3, 0.4) is 0 Å². The molecule has 0 radical (unpaired) electrons. The minimum absolute atomic E-state index is 0.0487. The van der Waals surface area contributed by atoms with Crippen molar-refractivity contribution in [2.75, 3.05) is 48.0 Å². The van der Waals surface area contributed by atoms with Gasteiger partial charge >= 0.3 is 5.97 Å². The molecule has 6 bridgehead atoms. The molecule has 0 aliphatic carbocycles. The Bertz CT molecular complexity index is 2990. The van der Waals surface area contributed by atoms with E-state index in [1.54, 1.807) is 70.7 Å². The molecule has 19 heteroatoms. The number of likely N-dealkylation sites (N-methyl/N-ethyl adjacent to an activating group) is 2. The SMILES string of the molecule is CCn1c(-c2cnccc2COC)c2c3cc(ccc31)-c1cc(O)cc(c1)C[C@H](NC(=O)C(C(C)C)N(C)C(=O)CN(C)S(=O)(=O)[C@@H]1N[C@H]1c1ccc(OC)cc1)C(=O)N1CCC[C@H](N1)C(=O)OCC(C)(C)C2. The van der Waals surface area contributed by atoms with Crippen molar-refractivity contribution in [3.8, 4) is 33.9 Å². The molecule has 5 aromatic rings. The molecule has 5 heterocycles. The zero-order valence-corrected chi connectivity index (χ0v) is 43.9. The molecule has 3 aromatic carbocycles. The number of hydrogen-bond acceptors (Lipinski definition) is 13. The van der Waals surface area contributed by atoms with Crippen molar-refractivity contribution >= 4 is 44.6 Å². The Labute approximate surface area is 427 Å². The molecule has 2 saturated heterocycles. The Kier molecular flexibility index (Phi) is 15.7. The number of aromatic nitrogens is 2. The van der Waals surface area contributed by atoms with Crippen molar-refractivity contribution in [3.63, 3.8) is 0 Å². The van der Waals surface area contributed by atoms with E-state index in [0.717, 1.165) is 48.7 Å². The molecule has 3 aliphatic heterocycles. The number of aryl methyl sites for hydroxylation is 1. The van der Waals surface area contributed by atoms with E-state index in [0.29, 0.717) is 49.3 Å². The molecule has 8 rings (SSSR count). The van der Waals surface area contributed by atoms with E-state index < -0.39 is 81.1 Å². The molecular weight excluding hydrogens is 953 g/mol. The minimum atomic E-state index is -4.00. The Morgan fingerprint density at radius 2 is 1.78 bits per heavy atom. The van der Waals surface area contributed by atoms with Gasteiger partial charge in [-0.2, -0.15) is 4.31 Å². The van der Waals surface area contributed by atoms with Gasteiger partial charge in [-0.1, -0.05) is 52.0 Å². The number of rotatable bonds is 14. The third kappa shape index (κ3) is 11.3. The van der Waals surface area contributed by atoms with E-state index in [1.165, 1.54) is 24.0 Å². The number of nitrogens with one attached hydrogen (secondary N) is 3. The smallest absolute Gasteiger partial charge is 0.324 e. The Morgan fingerprint density at radius 3 is 2.48 bits per heavy atom. The molecule has 4 N–H and O–H groups in total. The molecule has 18 nitrogen and oxygen atoms in total. The average molecular weight is 1020 g/mol. The molecule has 2 fully saturated rings. The van der Waals surface area contributed by atoms with Gasteiger partial charge in [-0.25, -0.2) is 13.8 Å². The maximum absolute atomic E-state index is 14.8. The van der Waals surface area contributed by atoms with Crippen LogP contribution in [0.25, 0.3) is 33.3 Å². The lowest BCUT2D eigenvalue weighted by Gasteiger charge is -2.37. The van der Waals surface area contributed by atoms with E-state index in [2.05, 4.69) is 58.5 Å². The second-order valence-electron chi connectivity index (χ2n) is 20.5. The number of methoxy groups -OCH3 is 2. The number of carbonyl (C=O) groups excluding carboxylic acids is 4. The fourth-order valence-corrected chi connectivity index (χ4v) is 11.8. The lowest BCUT2D eigenvalue weighted by Crippen LogP contribution is -2.62. The van der Waals surface area contributed by atoms with Crippen molar-refractivity contribution in [2.45, 2.75) is 103 Å². The fraction of sp³-hybridized carbons (Fsp3) is 0.463. The van der Waals surface area contributed by atoms with Gasteiger partial charge < -0.3 is 34.1 Å². The van der Waals surface area contributed by atoms with E-state index in [1.807, 2.05) is 24.4 Å². The number of esters is 1. The highest BCUT2D eigenvalue weighted by molar-refractivity contribution is 7.90. The van der Waals surface area contributed by atoms with Gasteiger partial charge in [0.05, 0.1) is 38.6 Å². The van der Waals surface area contributed by atoms with Crippen LogP contribution in [0.1, 0.15) is 75.8 Å². The molecular formula is C54H68N8O10S. The molecule has 2 aromatic heterocycles. The number of ether oxygens (including phenoxy) is 3. The summed E-state index contributed by atoms with van der Waals surface area (Å²) in [5.41, 5.74) is 10.2. The summed E-state index contributed by atoms with van der Waals surface area (Å²) in [6.07, 6.45) is 4.93. The number of hydrazine groups is 1. The number of phenols is 1. The third-order valence-electron chi connectivity index (χ3n) is 14.1. The van der Waals surface area contributed by atoms with Crippen LogP contribution in [-0.4, -0.2) is 132 Å². The summed E-state index contributed by atoms with van der Waals surface area (Å²) in [6, 6.07) is 16.6. The quantitative estimate of drug-likeness (QED) is 0.0819. The normalized spacial score (nSPS) is 20.6. The molecule has 73 heavy (non-hydrogen) atoms. The number of hydrogen-bond donors (Lipinski definition) is 4. The van der Waals surface area contributed by atoms with Gasteiger partial charge in [0.1, 0.15) is 35.0 Å². The maximum Gasteiger partial charge on any atom is 0.324 e. The van der Waals surface area contributed by atoms with Crippen LogP contribution in [0.15, 0.2) is 79.1 Å². The summed E-state index contributed by atoms with van der Waals surface area (Å²) in [6.45, 7) is 10.5. The zero-order valence-electron chi connectivity index (χ0n) is 43.1. The molecule has 3 aliphatic rings. The standard InChI is InChI=1S/C54H68N8O10S/c1-10-61-45-18-15-35-26-40(45)41(49(61)42-28-55-20-19-36(42)30-70-8)27-54(4,5)31-72-53(67)43-12-11-21-62(58-43)52(66)44(24-33-22-37(35)25-38(63)23-33)56-50(65)48(32(2)3)60(7)46(64)29-59(6)73(68,69)51-47(57-51)34-13-16-39(71-9)17-14-34/h13-20,22-23,25-26,28,32,43-44,47-48,51,57-58,63H,10-12,21,24,27,29-31H2,1-9H3,(H,56,65)/t43-,44-,47-,48?,51-/m0/s1. The van der Waals surface area contributed by atoms with Crippen molar-refractivity contribution < 1.29 is 46.9 Å². The summed E-state index contributed by atoms with van der Waals surface area (Å²) >= 11 is 0. The van der Waals surface area contributed by atoms with E-state index in [9.17, 15) is 32.7 Å². The monoisotopic (exact) mass is 1020 g/mol. The van der Waals surface area contributed by atoms with Gasteiger partial charge in [0.15, 0.2) is 0 Å². The first kappa shape index (κ1) is 52.9. The van der Waals surface area contributed by atoms with Crippen LogP contribution in [0.2, 0.25) is 0 Å². The second kappa shape index (κ2) is 21.6. The van der Waals surface area contributed by atoms with Crippen molar-refractivity contribution in [1.29, 1.82) is 0 Å². The second-order valence-corrected chi connectivity index (χ2v) is 22.7. The zero-order chi connectivity index (χ0) is 52.5. The van der Waals surface area contributed by atoms with E-state index >= 15 is 0 Å². The van der Waals surface area contributed by atoms with Crippen molar-refractivity contribution in [3.05, 3.63) is 101 Å². The highest BCUT2D eigenvalue weighted by Crippen LogP contribution is 2.42. The maximum atomic E-state index is 14.8. The number of carbonyl (C=O) groups is 4. The van der Waals surface area contributed by atoms with Crippen molar-refractivity contribution in [1.82, 2.24) is 39.8 Å². The highest BCUT2D eigenvalue weighted by atomic mass is 32.2. The molecule has 390 valence electrons. The van der Waals surface area contributed by atoms with Crippen LogP contribution in [0.5, 0.6) is 11.5 Å². The van der Waals surface area contributed by atoms with Crippen LogP contribution in [0.4, 0.5) is 0 Å². The van der Waals surface area contributed by atoms with E-state index in [4.69, 9.17) is 14.2 Å². The van der Waals surface area contributed by atoms with Crippen molar-refractivity contribution in [2.24, 2.45) is 11.3 Å². The predicted octanol–water partition coefficient (Wildman–Crippen LogP) is 5.31. The van der Waals surface area contributed by atoms with Gasteiger partial charge in [-0.3, -0.25) is 34.5 Å². The number of pyridine rings is 1. The van der Waals surface area contributed by atoms with E-state index in [-0.39, 0.29) is 25.3 Å². The summed E-state index contributed by atoms with van der Waals surface area (Å²) in [7, 11) is 1.97. The first-order chi connectivity index (χ1) is 34.7.